The minimum atomic E-state index is 0.00492. The average molecular weight is 306 g/mol. The van der Waals surface area contributed by atoms with E-state index in [1.165, 1.54) is 0 Å². The van der Waals surface area contributed by atoms with Gasteiger partial charge in [-0.05, 0) is 45.9 Å². The Hall–Kier alpha value is -1.59. The molecule has 5 heteroatoms. The van der Waals surface area contributed by atoms with Crippen molar-refractivity contribution in [2.75, 3.05) is 13.2 Å². The fraction of sp³-hybridized carbons (Fsp3) is 0.438. The maximum atomic E-state index is 5.97. The van der Waals surface area contributed by atoms with Crippen LogP contribution in [0, 0.1) is 6.92 Å². The number of ether oxygens (including phenoxy) is 2. The maximum absolute atomic E-state index is 5.97. The molecule has 0 aliphatic carbocycles. The van der Waals surface area contributed by atoms with Crippen LogP contribution in [0.4, 0.5) is 0 Å². The molecule has 114 valence electrons. The summed E-state index contributed by atoms with van der Waals surface area (Å²) in [7, 11) is 0. The molecule has 21 heavy (non-hydrogen) atoms. The molecule has 0 radical (unpaired) electrons. The fourth-order valence-corrected chi connectivity index (χ4v) is 3.15. The van der Waals surface area contributed by atoms with Crippen molar-refractivity contribution in [3.8, 4) is 22.1 Å². The van der Waals surface area contributed by atoms with E-state index in [9.17, 15) is 0 Å². The number of aryl methyl sites for hydroxylation is 1. The van der Waals surface area contributed by atoms with Crippen molar-refractivity contribution in [3.63, 3.8) is 0 Å². The van der Waals surface area contributed by atoms with Crippen molar-refractivity contribution in [2.45, 2.75) is 33.7 Å². The molecule has 1 aromatic heterocycles. The van der Waals surface area contributed by atoms with Gasteiger partial charge in [0.2, 0.25) is 0 Å². The number of hydrogen-bond acceptors (Lipinski definition) is 5. The number of aromatic nitrogens is 1. The number of hydrogen-bond donors (Lipinski definition) is 1. The highest BCUT2D eigenvalue weighted by Crippen LogP contribution is 2.36. The topological polar surface area (TPSA) is 57.4 Å². The predicted octanol–water partition coefficient (Wildman–Crippen LogP) is 3.94. The molecule has 1 heterocycles. The minimum absolute atomic E-state index is 0.00492. The predicted molar refractivity (Wildman–Crippen MR) is 87.2 cm³/mol. The monoisotopic (exact) mass is 306 g/mol. The van der Waals surface area contributed by atoms with Gasteiger partial charge in [-0.15, -0.1) is 11.3 Å². The van der Waals surface area contributed by atoms with Gasteiger partial charge in [-0.1, -0.05) is 0 Å². The summed E-state index contributed by atoms with van der Waals surface area (Å²) in [5.74, 6) is 1.52. The van der Waals surface area contributed by atoms with E-state index in [4.69, 9.17) is 15.2 Å². The average Bonchev–Trinajstić information content (AvgIpc) is 2.83. The molecular formula is C16H22N2O2S. The van der Waals surface area contributed by atoms with Crippen LogP contribution in [0.3, 0.4) is 0 Å². The summed E-state index contributed by atoms with van der Waals surface area (Å²) in [6.45, 7) is 9.12. The quantitative estimate of drug-likeness (QED) is 0.878. The zero-order valence-electron chi connectivity index (χ0n) is 13.0. The van der Waals surface area contributed by atoms with E-state index in [1.807, 2.05) is 45.9 Å². The van der Waals surface area contributed by atoms with Crippen LogP contribution in [0.5, 0.6) is 11.5 Å². The normalized spacial score (nSPS) is 12.2. The van der Waals surface area contributed by atoms with Crippen LogP contribution in [0.2, 0.25) is 0 Å². The van der Waals surface area contributed by atoms with Crippen LogP contribution in [0.25, 0.3) is 10.6 Å². The fourth-order valence-electron chi connectivity index (χ4n) is 2.14. The highest BCUT2D eigenvalue weighted by molar-refractivity contribution is 7.15. The molecule has 2 N–H and O–H groups in total. The molecule has 1 aromatic carbocycles. The summed E-state index contributed by atoms with van der Waals surface area (Å²) < 4.78 is 11.2. The van der Waals surface area contributed by atoms with Gasteiger partial charge in [0, 0.05) is 16.5 Å². The van der Waals surface area contributed by atoms with Gasteiger partial charge in [0.25, 0.3) is 0 Å². The third kappa shape index (κ3) is 3.54. The van der Waals surface area contributed by atoms with Crippen molar-refractivity contribution in [1.29, 1.82) is 0 Å². The van der Waals surface area contributed by atoms with E-state index in [1.54, 1.807) is 11.3 Å². The molecule has 0 spiro atoms. The Morgan fingerprint density at radius 2 is 1.86 bits per heavy atom. The van der Waals surface area contributed by atoms with Gasteiger partial charge >= 0.3 is 0 Å². The Kier molecular flexibility index (Phi) is 5.20. The van der Waals surface area contributed by atoms with Gasteiger partial charge in [-0.3, -0.25) is 0 Å². The van der Waals surface area contributed by atoms with Crippen LogP contribution < -0.4 is 15.2 Å². The zero-order chi connectivity index (χ0) is 15.4. The number of nitrogens with zero attached hydrogens (tertiary/aromatic N) is 1. The van der Waals surface area contributed by atoms with Gasteiger partial charge in [0.05, 0.1) is 18.9 Å². The summed E-state index contributed by atoms with van der Waals surface area (Å²) in [5.41, 5.74) is 8.00. The molecular weight excluding hydrogens is 284 g/mol. The summed E-state index contributed by atoms with van der Waals surface area (Å²) >= 11 is 1.63. The van der Waals surface area contributed by atoms with E-state index in [-0.39, 0.29) is 6.04 Å². The molecule has 0 fully saturated rings. The first-order valence-electron chi connectivity index (χ1n) is 7.19. The van der Waals surface area contributed by atoms with Crippen molar-refractivity contribution in [2.24, 2.45) is 5.73 Å². The minimum Gasteiger partial charge on any atom is -0.490 e. The lowest BCUT2D eigenvalue weighted by Crippen LogP contribution is -2.03. The second-order valence-electron chi connectivity index (χ2n) is 4.78. The molecule has 0 aliphatic heterocycles. The maximum Gasteiger partial charge on any atom is 0.161 e. The first kappa shape index (κ1) is 15.8. The first-order valence-corrected chi connectivity index (χ1v) is 8.01. The Labute approximate surface area is 129 Å². The van der Waals surface area contributed by atoms with Crippen molar-refractivity contribution in [3.05, 3.63) is 28.8 Å². The van der Waals surface area contributed by atoms with Crippen molar-refractivity contribution < 1.29 is 9.47 Å². The largest absolute Gasteiger partial charge is 0.490 e. The summed E-state index contributed by atoms with van der Waals surface area (Å²) in [6.07, 6.45) is 0. The van der Waals surface area contributed by atoms with Gasteiger partial charge in [0.15, 0.2) is 11.5 Å². The van der Waals surface area contributed by atoms with Crippen molar-refractivity contribution in [1.82, 2.24) is 4.98 Å². The number of thiazole rings is 1. The number of benzene rings is 1. The van der Waals surface area contributed by atoms with Crippen LogP contribution in [0.1, 0.15) is 37.4 Å². The standard InChI is InChI=1S/C16H22N2O2S/c1-5-19-13-8-7-12(9-14(13)20-6-2)16-18-11(4)15(21-16)10(3)17/h7-10H,5-6,17H2,1-4H3. The Morgan fingerprint density at radius 3 is 2.43 bits per heavy atom. The number of rotatable bonds is 6. The Bertz CT molecular complexity index is 608. The molecule has 0 amide bonds. The first-order chi connectivity index (χ1) is 10.1. The second-order valence-corrected chi connectivity index (χ2v) is 5.82. The molecule has 0 aliphatic rings. The van der Waals surface area contributed by atoms with E-state index in [0.717, 1.165) is 32.6 Å². The van der Waals surface area contributed by atoms with E-state index in [0.29, 0.717) is 13.2 Å². The molecule has 4 nitrogen and oxygen atoms in total. The summed E-state index contributed by atoms with van der Waals surface area (Å²) in [6, 6.07) is 5.94. The second kappa shape index (κ2) is 6.91. The van der Waals surface area contributed by atoms with E-state index in [2.05, 4.69) is 4.98 Å². The van der Waals surface area contributed by atoms with Gasteiger partial charge < -0.3 is 15.2 Å². The van der Waals surface area contributed by atoms with Crippen LogP contribution >= 0.6 is 11.3 Å². The Balaban J connectivity index is 2.39. The van der Waals surface area contributed by atoms with Crippen LogP contribution in [-0.4, -0.2) is 18.2 Å². The van der Waals surface area contributed by atoms with E-state index < -0.39 is 0 Å². The smallest absolute Gasteiger partial charge is 0.161 e. The lowest BCUT2D eigenvalue weighted by molar-refractivity contribution is 0.288. The molecule has 0 bridgehead atoms. The Morgan fingerprint density at radius 1 is 1.19 bits per heavy atom. The lowest BCUT2D eigenvalue weighted by Gasteiger charge is -2.11. The van der Waals surface area contributed by atoms with Crippen LogP contribution in [0.15, 0.2) is 18.2 Å². The highest BCUT2D eigenvalue weighted by Gasteiger charge is 2.14. The highest BCUT2D eigenvalue weighted by atomic mass is 32.1. The van der Waals surface area contributed by atoms with Gasteiger partial charge in [-0.25, -0.2) is 4.98 Å². The number of nitrogens with two attached hydrogens (primary N) is 1. The third-order valence-electron chi connectivity index (χ3n) is 3.04. The van der Waals surface area contributed by atoms with Crippen molar-refractivity contribution >= 4 is 11.3 Å². The molecule has 2 rings (SSSR count). The van der Waals surface area contributed by atoms with E-state index >= 15 is 0 Å². The zero-order valence-corrected chi connectivity index (χ0v) is 13.8. The van der Waals surface area contributed by atoms with Gasteiger partial charge in [-0.2, -0.15) is 0 Å². The molecule has 1 atom stereocenters. The molecule has 1 unspecified atom stereocenters. The summed E-state index contributed by atoms with van der Waals surface area (Å²) in [5, 5.41) is 0.962. The van der Waals surface area contributed by atoms with Gasteiger partial charge in [0.1, 0.15) is 5.01 Å². The van der Waals surface area contributed by atoms with Crippen LogP contribution in [-0.2, 0) is 0 Å². The molecule has 0 saturated carbocycles. The SMILES string of the molecule is CCOc1ccc(-c2nc(C)c(C(C)N)s2)cc1OCC. The molecule has 2 aromatic rings. The third-order valence-corrected chi connectivity index (χ3v) is 4.44. The lowest BCUT2D eigenvalue weighted by atomic mass is 10.2. The molecule has 0 saturated heterocycles. The summed E-state index contributed by atoms with van der Waals surface area (Å²) in [4.78, 5) is 5.74.